The summed E-state index contributed by atoms with van der Waals surface area (Å²) in [6, 6.07) is 0. The second-order valence-corrected chi connectivity index (χ2v) is 3.00. The minimum atomic E-state index is 1.01. The summed E-state index contributed by atoms with van der Waals surface area (Å²) in [6.07, 6.45) is 7.03. The zero-order valence-corrected chi connectivity index (χ0v) is 8.54. The van der Waals surface area contributed by atoms with Crippen LogP contribution in [0.2, 0.25) is 0 Å². The van der Waals surface area contributed by atoms with Crippen LogP contribution in [0.15, 0.2) is 12.7 Å². The molecule has 0 atom stereocenters. The van der Waals surface area contributed by atoms with Gasteiger partial charge in [-0.2, -0.15) is 0 Å². The Hall–Kier alpha value is -1.31. The van der Waals surface area contributed by atoms with Gasteiger partial charge in [0.05, 0.1) is 11.4 Å². The Bertz CT molecular complexity index is 332. The SMILES string of the molecule is C=Cc1c(/C=C\CC)nc(C)n1C. The van der Waals surface area contributed by atoms with Gasteiger partial charge in [-0.3, -0.25) is 0 Å². The van der Waals surface area contributed by atoms with Crippen molar-refractivity contribution in [3.8, 4) is 0 Å². The Labute approximate surface area is 79.6 Å². The number of hydrogen-bond donors (Lipinski definition) is 0. The minimum absolute atomic E-state index is 1.01. The molecule has 1 aromatic rings. The van der Waals surface area contributed by atoms with E-state index in [0.29, 0.717) is 0 Å². The van der Waals surface area contributed by atoms with E-state index in [1.165, 1.54) is 0 Å². The molecule has 70 valence electrons. The summed E-state index contributed by atoms with van der Waals surface area (Å²) in [4.78, 5) is 4.42. The zero-order valence-electron chi connectivity index (χ0n) is 8.54. The van der Waals surface area contributed by atoms with Gasteiger partial charge in [-0.15, -0.1) is 0 Å². The first-order valence-corrected chi connectivity index (χ1v) is 4.53. The van der Waals surface area contributed by atoms with Crippen molar-refractivity contribution in [3.63, 3.8) is 0 Å². The highest BCUT2D eigenvalue weighted by atomic mass is 15.1. The third kappa shape index (κ3) is 1.89. The van der Waals surface area contributed by atoms with Crippen molar-refractivity contribution in [1.82, 2.24) is 9.55 Å². The summed E-state index contributed by atoms with van der Waals surface area (Å²) in [5.74, 6) is 1.02. The fraction of sp³-hybridized carbons (Fsp3) is 0.364. The molecule has 0 aliphatic carbocycles. The third-order valence-electron chi connectivity index (χ3n) is 2.10. The Balaban J connectivity index is 3.13. The summed E-state index contributed by atoms with van der Waals surface area (Å²) in [5, 5.41) is 0. The molecule has 0 amide bonds. The van der Waals surface area contributed by atoms with Gasteiger partial charge in [-0.05, 0) is 25.5 Å². The van der Waals surface area contributed by atoms with E-state index < -0.39 is 0 Å². The second-order valence-electron chi connectivity index (χ2n) is 3.00. The van der Waals surface area contributed by atoms with Crippen molar-refractivity contribution >= 4 is 12.2 Å². The first-order valence-electron chi connectivity index (χ1n) is 4.53. The summed E-state index contributed by atoms with van der Waals surface area (Å²) < 4.78 is 2.04. The predicted molar refractivity (Wildman–Crippen MR) is 57.4 cm³/mol. The molecule has 2 heteroatoms. The normalized spacial score (nSPS) is 11.0. The smallest absolute Gasteiger partial charge is 0.106 e. The lowest BCUT2D eigenvalue weighted by molar-refractivity contribution is 0.849. The van der Waals surface area contributed by atoms with Crippen LogP contribution in [0.25, 0.3) is 12.2 Å². The first kappa shape index (κ1) is 9.78. The molecule has 0 radical (unpaired) electrons. The largest absolute Gasteiger partial charge is 0.331 e. The highest BCUT2D eigenvalue weighted by Gasteiger charge is 2.05. The van der Waals surface area contributed by atoms with Gasteiger partial charge in [0.15, 0.2) is 0 Å². The number of allylic oxidation sites excluding steroid dienone is 1. The molecule has 1 rings (SSSR count). The summed E-state index contributed by atoms with van der Waals surface area (Å²) in [7, 11) is 2.00. The van der Waals surface area contributed by atoms with E-state index >= 15 is 0 Å². The van der Waals surface area contributed by atoms with Crippen molar-refractivity contribution in [2.24, 2.45) is 7.05 Å². The van der Waals surface area contributed by atoms with E-state index in [4.69, 9.17) is 0 Å². The fourth-order valence-electron chi connectivity index (χ4n) is 1.25. The lowest BCUT2D eigenvalue weighted by Crippen LogP contribution is -1.93. The minimum Gasteiger partial charge on any atom is -0.331 e. The van der Waals surface area contributed by atoms with Crippen LogP contribution in [0.1, 0.15) is 30.6 Å². The number of nitrogens with zero attached hydrogens (tertiary/aromatic N) is 2. The maximum atomic E-state index is 4.42. The molecule has 2 nitrogen and oxygen atoms in total. The van der Waals surface area contributed by atoms with Crippen LogP contribution in [0.3, 0.4) is 0 Å². The molecule has 0 aliphatic rings. The molecule has 0 saturated heterocycles. The lowest BCUT2D eigenvalue weighted by Gasteiger charge is -1.97. The topological polar surface area (TPSA) is 17.8 Å². The number of hydrogen-bond acceptors (Lipinski definition) is 1. The van der Waals surface area contributed by atoms with Crippen molar-refractivity contribution in [2.75, 3.05) is 0 Å². The monoisotopic (exact) mass is 176 g/mol. The van der Waals surface area contributed by atoms with E-state index in [9.17, 15) is 0 Å². The molecule has 0 spiro atoms. The zero-order chi connectivity index (χ0) is 9.84. The maximum absolute atomic E-state index is 4.42. The Morgan fingerprint density at radius 1 is 1.54 bits per heavy atom. The summed E-state index contributed by atoms with van der Waals surface area (Å²) >= 11 is 0. The van der Waals surface area contributed by atoms with Crippen LogP contribution < -0.4 is 0 Å². The number of aromatic nitrogens is 2. The van der Waals surface area contributed by atoms with Gasteiger partial charge < -0.3 is 4.57 Å². The van der Waals surface area contributed by atoms with Crippen LogP contribution >= 0.6 is 0 Å². The van der Waals surface area contributed by atoms with Gasteiger partial charge in [-0.1, -0.05) is 19.6 Å². The first-order chi connectivity index (χ1) is 6.20. The van der Waals surface area contributed by atoms with Crippen LogP contribution in [-0.2, 0) is 7.05 Å². The second kappa shape index (κ2) is 4.08. The molecular formula is C11H16N2. The molecule has 1 heterocycles. The van der Waals surface area contributed by atoms with Crippen LogP contribution in [-0.4, -0.2) is 9.55 Å². The van der Waals surface area contributed by atoms with E-state index in [2.05, 4.69) is 24.6 Å². The van der Waals surface area contributed by atoms with Gasteiger partial charge in [0, 0.05) is 7.05 Å². The van der Waals surface area contributed by atoms with Crippen LogP contribution in [0, 0.1) is 6.92 Å². The van der Waals surface area contributed by atoms with E-state index in [-0.39, 0.29) is 0 Å². The van der Waals surface area contributed by atoms with Crippen LogP contribution in [0.5, 0.6) is 0 Å². The quantitative estimate of drug-likeness (QED) is 0.692. The van der Waals surface area contributed by atoms with Crippen molar-refractivity contribution in [2.45, 2.75) is 20.3 Å². The molecule has 0 unspecified atom stereocenters. The van der Waals surface area contributed by atoms with E-state index in [1.54, 1.807) is 0 Å². The summed E-state index contributed by atoms with van der Waals surface area (Å²) in [6.45, 7) is 7.89. The molecule has 13 heavy (non-hydrogen) atoms. The van der Waals surface area contributed by atoms with Crippen molar-refractivity contribution in [3.05, 3.63) is 29.9 Å². The third-order valence-corrected chi connectivity index (χ3v) is 2.10. The Kier molecular flexibility index (Phi) is 3.07. The van der Waals surface area contributed by atoms with E-state index in [1.807, 2.05) is 30.7 Å². The average Bonchev–Trinajstić information content (AvgIpc) is 2.39. The van der Waals surface area contributed by atoms with Gasteiger partial charge in [0.1, 0.15) is 5.82 Å². The molecule has 0 N–H and O–H groups in total. The number of rotatable bonds is 3. The molecular weight excluding hydrogens is 160 g/mol. The van der Waals surface area contributed by atoms with Gasteiger partial charge in [0.2, 0.25) is 0 Å². The van der Waals surface area contributed by atoms with Crippen LogP contribution in [0.4, 0.5) is 0 Å². The standard InChI is InChI=1S/C11H16N2/c1-5-7-8-10-11(6-2)13(4)9(3)12-10/h6-8H,2,5H2,1,3-4H3/b8-7-. The average molecular weight is 176 g/mol. The molecule has 1 aromatic heterocycles. The maximum Gasteiger partial charge on any atom is 0.106 e. The fourth-order valence-corrected chi connectivity index (χ4v) is 1.25. The van der Waals surface area contributed by atoms with Gasteiger partial charge in [0.25, 0.3) is 0 Å². The van der Waals surface area contributed by atoms with E-state index in [0.717, 1.165) is 23.6 Å². The molecule has 0 aromatic carbocycles. The highest BCUT2D eigenvalue weighted by molar-refractivity contribution is 5.59. The van der Waals surface area contributed by atoms with Gasteiger partial charge in [-0.25, -0.2) is 4.98 Å². The highest BCUT2D eigenvalue weighted by Crippen LogP contribution is 2.13. The lowest BCUT2D eigenvalue weighted by atomic mass is 10.3. The predicted octanol–water partition coefficient (Wildman–Crippen LogP) is 2.79. The molecule has 0 saturated carbocycles. The Morgan fingerprint density at radius 2 is 2.23 bits per heavy atom. The molecule has 0 bridgehead atoms. The van der Waals surface area contributed by atoms with Gasteiger partial charge >= 0.3 is 0 Å². The Morgan fingerprint density at radius 3 is 2.77 bits per heavy atom. The molecule has 0 aliphatic heterocycles. The van der Waals surface area contributed by atoms with Crippen molar-refractivity contribution < 1.29 is 0 Å². The molecule has 0 fully saturated rings. The summed E-state index contributed by atoms with van der Waals surface area (Å²) in [5.41, 5.74) is 2.10. The number of imidazole rings is 1. The van der Waals surface area contributed by atoms with Crippen molar-refractivity contribution in [1.29, 1.82) is 0 Å². The number of aryl methyl sites for hydroxylation is 1.